The van der Waals surface area contributed by atoms with Crippen LogP contribution in [0.15, 0.2) is 42.5 Å². The van der Waals surface area contributed by atoms with Gasteiger partial charge in [0.15, 0.2) is 0 Å². The first-order chi connectivity index (χ1) is 8.63. The molecule has 1 heterocycles. The predicted octanol–water partition coefficient (Wildman–Crippen LogP) is 4.76. The minimum absolute atomic E-state index is 0.313. The van der Waals surface area contributed by atoms with Gasteiger partial charge in [-0.05, 0) is 60.2 Å². The summed E-state index contributed by atoms with van der Waals surface area (Å²) in [5.74, 6) is 0.313. The van der Waals surface area contributed by atoms with E-state index in [1.54, 1.807) is 23.5 Å². The molecule has 1 radical (unpaired) electrons. The van der Waals surface area contributed by atoms with Crippen molar-refractivity contribution in [3.8, 4) is 16.9 Å². The zero-order valence-corrected chi connectivity index (χ0v) is 10.9. The van der Waals surface area contributed by atoms with Crippen molar-refractivity contribution in [2.24, 2.45) is 0 Å². The van der Waals surface area contributed by atoms with Crippen molar-refractivity contribution in [2.75, 3.05) is 0 Å². The van der Waals surface area contributed by atoms with Gasteiger partial charge in [-0.15, -0.1) is 11.3 Å². The Balaban J connectivity index is 2.18. The lowest BCUT2D eigenvalue weighted by Crippen LogP contribution is -1.82. The fourth-order valence-electron chi connectivity index (χ4n) is 2.23. The smallest absolute Gasteiger partial charge is 0.115 e. The zero-order chi connectivity index (χ0) is 12.7. The van der Waals surface area contributed by atoms with E-state index in [1.807, 2.05) is 13.0 Å². The van der Waals surface area contributed by atoms with Crippen LogP contribution >= 0.6 is 11.3 Å². The quantitative estimate of drug-likeness (QED) is 0.662. The molecule has 1 aromatic heterocycles. The number of fused-ring (bicyclic) bond motifs is 1. The molecule has 18 heavy (non-hydrogen) atoms. The summed E-state index contributed by atoms with van der Waals surface area (Å²) in [4.78, 5) is 1.09. The molecule has 0 aliphatic carbocycles. The molecule has 0 fully saturated rings. The van der Waals surface area contributed by atoms with Crippen molar-refractivity contribution >= 4 is 21.4 Å². The molecule has 0 spiro atoms. The van der Waals surface area contributed by atoms with Gasteiger partial charge >= 0.3 is 0 Å². The highest BCUT2D eigenvalue weighted by Gasteiger charge is 2.05. The van der Waals surface area contributed by atoms with Crippen LogP contribution in [0.1, 0.15) is 10.4 Å². The third-order valence-electron chi connectivity index (χ3n) is 3.09. The van der Waals surface area contributed by atoms with Crippen LogP contribution < -0.4 is 0 Å². The van der Waals surface area contributed by atoms with Gasteiger partial charge in [0.05, 0.1) is 0 Å². The average molecular weight is 253 g/mol. The fraction of sp³-hybridized carbons (Fsp3) is 0.0625. The molecular weight excluding hydrogens is 240 g/mol. The second-order valence-electron chi connectivity index (χ2n) is 4.46. The first-order valence-corrected chi connectivity index (χ1v) is 6.61. The number of phenols is 1. The third-order valence-corrected chi connectivity index (χ3v) is 4.05. The van der Waals surface area contributed by atoms with Gasteiger partial charge in [0.25, 0.3) is 0 Å². The van der Waals surface area contributed by atoms with E-state index < -0.39 is 0 Å². The number of rotatable bonds is 1. The highest BCUT2D eigenvalue weighted by Crippen LogP contribution is 2.32. The van der Waals surface area contributed by atoms with Crippen molar-refractivity contribution in [1.82, 2.24) is 0 Å². The molecule has 2 heteroatoms. The van der Waals surface area contributed by atoms with Crippen LogP contribution in [0.5, 0.6) is 5.75 Å². The maximum Gasteiger partial charge on any atom is 0.115 e. The average Bonchev–Trinajstić information content (AvgIpc) is 2.68. The normalized spacial score (nSPS) is 11.0. The topological polar surface area (TPSA) is 20.2 Å². The molecule has 0 aliphatic rings. The summed E-state index contributed by atoms with van der Waals surface area (Å²) < 4.78 is 1.25. The molecule has 2 aromatic carbocycles. The van der Waals surface area contributed by atoms with Crippen LogP contribution in [0.3, 0.4) is 0 Å². The Kier molecular flexibility index (Phi) is 2.60. The Hall–Kier alpha value is -1.80. The molecule has 0 bridgehead atoms. The van der Waals surface area contributed by atoms with E-state index in [4.69, 9.17) is 0 Å². The number of hydrogen-bond acceptors (Lipinski definition) is 2. The lowest BCUT2D eigenvalue weighted by atomic mass is 10.00. The van der Waals surface area contributed by atoms with Crippen molar-refractivity contribution in [3.63, 3.8) is 0 Å². The number of thiophene rings is 1. The number of aromatic hydroxyl groups is 1. The summed E-state index contributed by atoms with van der Waals surface area (Å²) in [6.07, 6.45) is 0. The second-order valence-corrected chi connectivity index (χ2v) is 5.63. The molecule has 0 aliphatic heterocycles. The van der Waals surface area contributed by atoms with Crippen LogP contribution in [-0.2, 0) is 0 Å². The molecule has 3 aromatic rings. The first kappa shape index (κ1) is 11.3. The molecule has 1 N–H and O–H groups in total. The predicted molar refractivity (Wildman–Crippen MR) is 78.1 cm³/mol. The summed E-state index contributed by atoms with van der Waals surface area (Å²) in [6.45, 7) is 5.99. The van der Waals surface area contributed by atoms with Gasteiger partial charge in [0.1, 0.15) is 5.75 Å². The van der Waals surface area contributed by atoms with Crippen molar-refractivity contribution < 1.29 is 5.11 Å². The van der Waals surface area contributed by atoms with Crippen LogP contribution in [0.2, 0.25) is 0 Å². The van der Waals surface area contributed by atoms with Gasteiger partial charge in [0.2, 0.25) is 0 Å². The highest BCUT2D eigenvalue weighted by molar-refractivity contribution is 7.19. The van der Waals surface area contributed by atoms with Gasteiger partial charge in [0, 0.05) is 9.58 Å². The SMILES string of the molecule is [CH2]c1cc2ccc(-c3ccc(O)cc3C)cc2s1. The van der Waals surface area contributed by atoms with E-state index in [0.717, 1.165) is 16.0 Å². The lowest BCUT2D eigenvalue weighted by molar-refractivity contribution is 0.475. The van der Waals surface area contributed by atoms with Crippen molar-refractivity contribution in [3.05, 3.63) is 59.8 Å². The van der Waals surface area contributed by atoms with E-state index >= 15 is 0 Å². The Bertz CT molecular complexity index is 725. The standard InChI is InChI=1S/C16H13OS/c1-10-7-14(17)5-6-15(10)12-3-4-13-8-11(2)18-16(13)9-12/h3-9,17H,2H2,1H3. The highest BCUT2D eigenvalue weighted by atomic mass is 32.1. The number of aryl methyl sites for hydroxylation is 1. The number of benzene rings is 2. The van der Waals surface area contributed by atoms with Gasteiger partial charge < -0.3 is 5.11 Å². The maximum atomic E-state index is 9.45. The van der Waals surface area contributed by atoms with Crippen LogP contribution in [0, 0.1) is 13.8 Å². The van der Waals surface area contributed by atoms with Crippen molar-refractivity contribution in [1.29, 1.82) is 0 Å². The molecule has 0 unspecified atom stereocenters. The van der Waals surface area contributed by atoms with Gasteiger partial charge in [-0.25, -0.2) is 0 Å². The molecule has 0 saturated heterocycles. The Morgan fingerprint density at radius 2 is 1.89 bits per heavy atom. The first-order valence-electron chi connectivity index (χ1n) is 5.79. The van der Waals surface area contributed by atoms with Gasteiger partial charge in [-0.2, -0.15) is 0 Å². The van der Waals surface area contributed by atoms with Gasteiger partial charge in [-0.1, -0.05) is 18.2 Å². The monoisotopic (exact) mass is 253 g/mol. The summed E-state index contributed by atoms with van der Waals surface area (Å²) in [6, 6.07) is 14.0. The van der Waals surface area contributed by atoms with Crippen LogP contribution in [-0.4, -0.2) is 5.11 Å². The van der Waals surface area contributed by atoms with Gasteiger partial charge in [-0.3, -0.25) is 0 Å². The summed E-state index contributed by atoms with van der Waals surface area (Å²) in [5, 5.41) is 10.7. The fourth-order valence-corrected chi connectivity index (χ4v) is 3.12. The molecule has 3 rings (SSSR count). The Morgan fingerprint density at radius 1 is 1.06 bits per heavy atom. The molecule has 0 atom stereocenters. The second kappa shape index (κ2) is 4.14. The minimum Gasteiger partial charge on any atom is -0.508 e. The maximum absolute atomic E-state index is 9.45. The molecule has 89 valence electrons. The number of phenolic OH excluding ortho intramolecular Hbond substituents is 1. The third kappa shape index (κ3) is 1.89. The van der Waals surface area contributed by atoms with E-state index in [1.165, 1.54) is 15.6 Å². The lowest BCUT2D eigenvalue weighted by Gasteiger charge is -2.06. The van der Waals surface area contributed by atoms with E-state index in [2.05, 4.69) is 31.2 Å². The summed E-state index contributed by atoms with van der Waals surface area (Å²) in [5.41, 5.74) is 3.43. The summed E-state index contributed by atoms with van der Waals surface area (Å²) >= 11 is 1.71. The molecule has 1 nitrogen and oxygen atoms in total. The minimum atomic E-state index is 0.313. The molecular formula is C16H13OS. The van der Waals surface area contributed by atoms with Crippen molar-refractivity contribution in [2.45, 2.75) is 6.92 Å². The Labute approximate surface area is 110 Å². The molecule has 0 amide bonds. The Morgan fingerprint density at radius 3 is 2.67 bits per heavy atom. The molecule has 0 saturated carbocycles. The van der Waals surface area contributed by atoms with E-state index in [9.17, 15) is 5.11 Å². The van der Waals surface area contributed by atoms with E-state index in [-0.39, 0.29) is 0 Å². The van der Waals surface area contributed by atoms with Crippen LogP contribution in [0.25, 0.3) is 21.2 Å². The van der Waals surface area contributed by atoms with Crippen LogP contribution in [0.4, 0.5) is 0 Å². The summed E-state index contributed by atoms with van der Waals surface area (Å²) in [7, 11) is 0. The largest absolute Gasteiger partial charge is 0.508 e. The van der Waals surface area contributed by atoms with E-state index in [0.29, 0.717) is 5.75 Å². The zero-order valence-electron chi connectivity index (χ0n) is 10.1. The number of hydrogen-bond donors (Lipinski definition) is 1.